The monoisotopic (exact) mass is 755 g/mol. The molecule has 0 radical (unpaired) electrons. The quantitative estimate of drug-likeness (QED) is 0.0265. The van der Waals surface area contributed by atoms with Gasteiger partial charge in [-0.2, -0.15) is 0 Å². The van der Waals surface area contributed by atoms with E-state index in [1.54, 1.807) is 20.8 Å². The van der Waals surface area contributed by atoms with Crippen molar-refractivity contribution in [2.45, 2.75) is 109 Å². The Kier molecular flexibility index (Phi) is 20.4. The van der Waals surface area contributed by atoms with Crippen molar-refractivity contribution in [2.75, 3.05) is 32.8 Å². The van der Waals surface area contributed by atoms with Gasteiger partial charge in [-0.05, 0) is 44.9 Å². The van der Waals surface area contributed by atoms with Gasteiger partial charge in [-0.3, -0.25) is 43.3 Å². The number of nitrogens with zero attached hydrogens (tertiary/aromatic N) is 2. The number of hydrogen-bond acceptors (Lipinski definition) is 11. The Labute approximate surface area is 308 Å². The number of carbonyl (C=O) groups is 8. The zero-order valence-electron chi connectivity index (χ0n) is 30.8. The molecule has 21 nitrogen and oxygen atoms in total. The van der Waals surface area contributed by atoms with Crippen LogP contribution in [0.2, 0.25) is 0 Å². The van der Waals surface area contributed by atoms with Gasteiger partial charge in [0.05, 0.1) is 13.2 Å². The Balaban J connectivity index is 3.21. The molecular weight excluding hydrogens is 698 g/mol. The highest BCUT2D eigenvalue weighted by atomic mass is 16.3. The molecule has 53 heavy (non-hydrogen) atoms. The van der Waals surface area contributed by atoms with Crippen LogP contribution >= 0.6 is 0 Å². The van der Waals surface area contributed by atoms with E-state index < -0.39 is 90.8 Å². The van der Waals surface area contributed by atoms with Gasteiger partial charge in [-0.25, -0.2) is 0 Å². The number of aliphatic hydroxyl groups excluding tert-OH is 2. The number of nitrogens with two attached hydrogens (primary N) is 3. The topological polar surface area (TPSA) is 343 Å². The second-order valence-corrected chi connectivity index (χ2v) is 12.7. The molecule has 0 saturated carbocycles. The lowest BCUT2D eigenvalue weighted by Crippen LogP contribution is -2.61. The van der Waals surface area contributed by atoms with E-state index in [-0.39, 0.29) is 56.6 Å². The summed E-state index contributed by atoms with van der Waals surface area (Å²) in [4.78, 5) is 108. The van der Waals surface area contributed by atoms with Crippen LogP contribution in [0.4, 0.5) is 0 Å². The molecule has 0 aliphatic carbocycles. The normalized spacial score (nSPS) is 17.1. The second-order valence-electron chi connectivity index (χ2n) is 12.7. The molecule has 0 aromatic heterocycles. The average molecular weight is 756 g/mol. The maximum atomic E-state index is 13.8. The van der Waals surface area contributed by atoms with Gasteiger partial charge in [0, 0.05) is 33.0 Å². The van der Waals surface area contributed by atoms with Crippen molar-refractivity contribution in [2.24, 2.45) is 28.1 Å². The van der Waals surface area contributed by atoms with Crippen LogP contribution < -0.4 is 49.1 Å². The third kappa shape index (κ3) is 15.6. The number of primary amides is 1. The fourth-order valence-electron chi connectivity index (χ4n) is 5.50. The van der Waals surface area contributed by atoms with Gasteiger partial charge in [0.25, 0.3) is 0 Å². The minimum atomic E-state index is -1.71. The van der Waals surface area contributed by atoms with Crippen LogP contribution in [0, 0.1) is 5.92 Å². The molecule has 1 rings (SSSR count). The van der Waals surface area contributed by atoms with Crippen LogP contribution in [0.15, 0.2) is 4.99 Å². The molecule has 7 atom stereocenters. The largest absolute Gasteiger partial charge is 0.394 e. The first-order valence-corrected chi connectivity index (χ1v) is 17.6. The fourth-order valence-corrected chi connectivity index (χ4v) is 5.50. The number of aliphatic imine (C=N–C) groups is 1. The van der Waals surface area contributed by atoms with Crippen molar-refractivity contribution < 1.29 is 48.6 Å². The van der Waals surface area contributed by atoms with Crippen molar-refractivity contribution in [1.82, 2.24) is 36.8 Å². The maximum absolute atomic E-state index is 13.8. The Morgan fingerprint density at radius 3 is 1.85 bits per heavy atom. The fraction of sp³-hybridized carbons (Fsp3) is 0.719. The van der Waals surface area contributed by atoms with Gasteiger partial charge in [0.1, 0.15) is 36.3 Å². The van der Waals surface area contributed by atoms with E-state index in [1.807, 2.05) is 0 Å². The third-order valence-electron chi connectivity index (χ3n) is 8.55. The minimum absolute atomic E-state index is 0.0277. The molecule has 1 aliphatic rings. The number of likely N-dealkylation sites (N-methyl/N-ethyl adjacent to an activating group) is 1. The average Bonchev–Trinajstić information content (AvgIpc) is 3.60. The van der Waals surface area contributed by atoms with E-state index in [1.165, 1.54) is 11.8 Å². The molecule has 14 N–H and O–H groups in total. The molecular formula is C32H57N11O10. The van der Waals surface area contributed by atoms with Gasteiger partial charge < -0.3 is 64.2 Å². The van der Waals surface area contributed by atoms with Crippen molar-refractivity contribution >= 4 is 53.2 Å². The highest BCUT2D eigenvalue weighted by molar-refractivity contribution is 5.97. The van der Waals surface area contributed by atoms with E-state index in [4.69, 9.17) is 17.2 Å². The number of rotatable bonds is 23. The summed E-state index contributed by atoms with van der Waals surface area (Å²) < 4.78 is 0. The molecule has 0 unspecified atom stereocenters. The zero-order chi connectivity index (χ0) is 40.2. The molecule has 1 aliphatic heterocycles. The Hall–Kier alpha value is -5.05. The number of amides is 8. The van der Waals surface area contributed by atoms with Gasteiger partial charge >= 0.3 is 0 Å². The Bertz CT molecular complexity index is 1330. The first-order valence-electron chi connectivity index (χ1n) is 17.6. The number of hydrogen-bond donors (Lipinski definition) is 11. The highest BCUT2D eigenvalue weighted by Crippen LogP contribution is 2.20. The van der Waals surface area contributed by atoms with Crippen LogP contribution in [-0.4, -0.2) is 137 Å². The van der Waals surface area contributed by atoms with Crippen LogP contribution in [0.25, 0.3) is 0 Å². The summed E-state index contributed by atoms with van der Waals surface area (Å²) in [5.41, 5.74) is 16.1. The zero-order valence-corrected chi connectivity index (χ0v) is 30.8. The van der Waals surface area contributed by atoms with Crippen molar-refractivity contribution in [3.63, 3.8) is 0 Å². The summed E-state index contributed by atoms with van der Waals surface area (Å²) >= 11 is 0. The standard InChI is InChI=1S/C32H57N11O10/c1-5-17(3)25(38-18(4)46)30(52)42-22(16-45)28(50)41-21(15-44)27(49)39-19(11-12-24(33)47)26(48)40-20(9-7-13-37-32(34)35)31(53)43-14-8-10-23(43)29(51)36-6-2/h17,19-23,25,44-45H,5-16H2,1-4H3,(H2,33,47)(H,36,51)(H,38,46)(H,39,49)(H,40,48)(H,41,50)(H,42,52)(H4,34,35,37)/t17-,19+,20+,21+,22+,23+,25-/m1/s1. The molecule has 21 heteroatoms. The van der Waals surface area contributed by atoms with E-state index in [9.17, 15) is 48.6 Å². The van der Waals surface area contributed by atoms with E-state index in [2.05, 4.69) is 36.9 Å². The molecule has 0 aromatic rings. The Morgan fingerprint density at radius 2 is 1.34 bits per heavy atom. The number of likely N-dealkylation sites (tertiary alicyclic amines) is 1. The van der Waals surface area contributed by atoms with Crippen molar-refractivity contribution in [1.29, 1.82) is 0 Å². The lowest BCUT2D eigenvalue weighted by atomic mass is 9.98. The predicted molar refractivity (Wildman–Crippen MR) is 191 cm³/mol. The molecule has 8 amide bonds. The molecule has 0 bridgehead atoms. The molecule has 1 heterocycles. The summed E-state index contributed by atoms with van der Waals surface area (Å²) in [6.45, 7) is 5.25. The van der Waals surface area contributed by atoms with E-state index in [0.29, 0.717) is 25.8 Å². The smallest absolute Gasteiger partial charge is 0.245 e. The third-order valence-corrected chi connectivity index (χ3v) is 8.55. The summed E-state index contributed by atoms with van der Waals surface area (Å²) in [5.74, 6) is -6.59. The SMILES string of the molecule is CCNC(=O)[C@@H]1CCCN1C(=O)[C@H](CCCN=C(N)N)NC(=O)[C@H](CCC(N)=O)NC(=O)[C@H](CO)NC(=O)[C@H](CO)NC(=O)[C@H](NC(C)=O)[C@H](C)CC. The van der Waals surface area contributed by atoms with Gasteiger partial charge in [-0.1, -0.05) is 20.3 Å². The van der Waals surface area contributed by atoms with Crippen LogP contribution in [0.1, 0.15) is 72.6 Å². The molecule has 1 fully saturated rings. The number of carbonyl (C=O) groups excluding carboxylic acids is 8. The summed E-state index contributed by atoms with van der Waals surface area (Å²) in [7, 11) is 0. The minimum Gasteiger partial charge on any atom is -0.394 e. The first-order chi connectivity index (χ1) is 25.0. The molecule has 0 spiro atoms. The summed E-state index contributed by atoms with van der Waals surface area (Å²) in [6, 6.07) is -7.83. The second kappa shape index (κ2) is 23.5. The van der Waals surface area contributed by atoms with Gasteiger partial charge in [0.15, 0.2) is 5.96 Å². The first kappa shape index (κ1) is 46.0. The van der Waals surface area contributed by atoms with Crippen LogP contribution in [0.3, 0.4) is 0 Å². The molecule has 300 valence electrons. The lowest BCUT2D eigenvalue weighted by Gasteiger charge is -2.30. The van der Waals surface area contributed by atoms with Crippen molar-refractivity contribution in [3.8, 4) is 0 Å². The molecule has 0 aromatic carbocycles. The highest BCUT2D eigenvalue weighted by Gasteiger charge is 2.38. The summed E-state index contributed by atoms with van der Waals surface area (Å²) in [6.07, 6.45) is 0.987. The number of nitrogens with one attached hydrogen (secondary N) is 6. The van der Waals surface area contributed by atoms with Gasteiger partial charge in [-0.15, -0.1) is 0 Å². The van der Waals surface area contributed by atoms with E-state index >= 15 is 0 Å². The van der Waals surface area contributed by atoms with Crippen LogP contribution in [-0.2, 0) is 38.4 Å². The number of aliphatic hydroxyl groups is 2. The van der Waals surface area contributed by atoms with E-state index in [0.717, 1.165) is 0 Å². The Morgan fingerprint density at radius 1 is 0.792 bits per heavy atom. The van der Waals surface area contributed by atoms with Gasteiger partial charge in [0.2, 0.25) is 47.3 Å². The number of guanidine groups is 1. The summed E-state index contributed by atoms with van der Waals surface area (Å²) in [5, 5.41) is 34.5. The maximum Gasteiger partial charge on any atom is 0.245 e. The lowest BCUT2D eigenvalue weighted by molar-refractivity contribution is -0.142. The predicted octanol–water partition coefficient (Wildman–Crippen LogP) is -5.09. The van der Waals surface area contributed by atoms with Crippen molar-refractivity contribution in [3.05, 3.63) is 0 Å². The van der Waals surface area contributed by atoms with Crippen LogP contribution in [0.5, 0.6) is 0 Å². The molecule has 1 saturated heterocycles.